The molecule has 0 aliphatic carbocycles. The van der Waals surface area contributed by atoms with E-state index < -0.39 is 0 Å². The minimum Gasteiger partial charge on any atom is -0.372 e. The van der Waals surface area contributed by atoms with Gasteiger partial charge in [-0.25, -0.2) is 9.98 Å². The fourth-order valence-corrected chi connectivity index (χ4v) is 4.50. The van der Waals surface area contributed by atoms with Gasteiger partial charge in [0.1, 0.15) is 5.82 Å². The number of aliphatic imine (C=N–C) groups is 1. The topological polar surface area (TPSA) is 65.0 Å². The van der Waals surface area contributed by atoms with Crippen LogP contribution in [0.15, 0.2) is 53.7 Å². The maximum absolute atomic E-state index is 5.83. The van der Waals surface area contributed by atoms with E-state index >= 15 is 0 Å². The van der Waals surface area contributed by atoms with Gasteiger partial charge in [-0.3, -0.25) is 0 Å². The summed E-state index contributed by atoms with van der Waals surface area (Å²) >= 11 is 0. The molecule has 32 heavy (non-hydrogen) atoms. The van der Waals surface area contributed by atoms with E-state index in [4.69, 9.17) is 14.7 Å². The molecular formula is C25H36N6O. The maximum atomic E-state index is 5.83. The number of rotatable bonds is 6. The molecule has 2 aliphatic rings. The number of hydrogen-bond acceptors (Lipinski definition) is 5. The molecule has 3 unspecified atom stereocenters. The van der Waals surface area contributed by atoms with Crippen LogP contribution >= 0.6 is 0 Å². The fraction of sp³-hybridized carbons (Fsp3) is 0.520. The van der Waals surface area contributed by atoms with E-state index in [1.807, 2.05) is 6.20 Å². The van der Waals surface area contributed by atoms with Gasteiger partial charge in [-0.1, -0.05) is 24.3 Å². The molecule has 0 amide bonds. The van der Waals surface area contributed by atoms with Crippen LogP contribution in [-0.4, -0.2) is 61.9 Å². The molecular weight excluding hydrogens is 400 g/mol. The lowest BCUT2D eigenvalue weighted by Crippen LogP contribution is -2.45. The third-order valence-corrected chi connectivity index (χ3v) is 5.97. The van der Waals surface area contributed by atoms with Crippen molar-refractivity contribution in [1.29, 1.82) is 0 Å². The zero-order valence-corrected chi connectivity index (χ0v) is 19.5. The van der Waals surface area contributed by atoms with Crippen LogP contribution in [-0.2, 0) is 11.3 Å². The van der Waals surface area contributed by atoms with Gasteiger partial charge in [-0.05, 0) is 51.0 Å². The predicted molar refractivity (Wildman–Crippen MR) is 131 cm³/mol. The SMILES string of the molecule is CCNC(=NCc1ccc(N2CC(C)OC(C)C2)nc1)NC1CCN(c2ccccc2)C1. The summed E-state index contributed by atoms with van der Waals surface area (Å²) < 4.78 is 5.83. The Kier molecular flexibility index (Phi) is 7.47. The van der Waals surface area contributed by atoms with Gasteiger partial charge in [0.05, 0.1) is 18.8 Å². The molecule has 2 saturated heterocycles. The van der Waals surface area contributed by atoms with Crippen LogP contribution in [0.3, 0.4) is 0 Å². The minimum atomic E-state index is 0.229. The van der Waals surface area contributed by atoms with Crippen LogP contribution in [0, 0.1) is 0 Å². The molecule has 0 radical (unpaired) electrons. The lowest BCUT2D eigenvalue weighted by molar-refractivity contribution is -0.00545. The molecule has 0 spiro atoms. The van der Waals surface area contributed by atoms with Crippen molar-refractivity contribution in [2.24, 2.45) is 4.99 Å². The average Bonchev–Trinajstić information content (AvgIpc) is 3.26. The molecule has 2 aromatic rings. The Morgan fingerprint density at radius 1 is 1.06 bits per heavy atom. The largest absolute Gasteiger partial charge is 0.372 e. The minimum absolute atomic E-state index is 0.229. The number of anilines is 2. The molecule has 4 rings (SSSR count). The van der Waals surface area contributed by atoms with E-state index in [1.54, 1.807) is 0 Å². The number of benzene rings is 1. The number of guanidine groups is 1. The number of nitrogens with one attached hydrogen (secondary N) is 2. The summed E-state index contributed by atoms with van der Waals surface area (Å²) in [6.45, 7) is 11.6. The van der Waals surface area contributed by atoms with E-state index in [-0.39, 0.29) is 12.2 Å². The molecule has 7 nitrogen and oxygen atoms in total. The first-order valence-corrected chi connectivity index (χ1v) is 11.8. The lowest BCUT2D eigenvalue weighted by atomic mass is 10.2. The third kappa shape index (κ3) is 5.91. The summed E-state index contributed by atoms with van der Waals surface area (Å²) in [5.74, 6) is 1.88. The van der Waals surface area contributed by atoms with Crippen molar-refractivity contribution in [2.45, 2.75) is 52.0 Å². The molecule has 7 heteroatoms. The van der Waals surface area contributed by atoms with Crippen molar-refractivity contribution in [3.63, 3.8) is 0 Å². The molecule has 1 aromatic heterocycles. The lowest BCUT2D eigenvalue weighted by Gasteiger charge is -2.36. The molecule has 3 heterocycles. The van der Waals surface area contributed by atoms with Crippen molar-refractivity contribution in [3.05, 3.63) is 54.2 Å². The smallest absolute Gasteiger partial charge is 0.191 e. The van der Waals surface area contributed by atoms with Gasteiger partial charge in [0.25, 0.3) is 0 Å². The number of pyridine rings is 1. The Labute approximate surface area is 191 Å². The van der Waals surface area contributed by atoms with Crippen LogP contribution in [0.4, 0.5) is 11.5 Å². The van der Waals surface area contributed by atoms with Crippen LogP contribution in [0.1, 0.15) is 32.8 Å². The van der Waals surface area contributed by atoms with Gasteiger partial charge < -0.3 is 25.2 Å². The van der Waals surface area contributed by atoms with Crippen molar-refractivity contribution in [2.75, 3.05) is 42.5 Å². The van der Waals surface area contributed by atoms with Crippen LogP contribution in [0.25, 0.3) is 0 Å². The first-order valence-electron chi connectivity index (χ1n) is 11.8. The molecule has 2 aliphatic heterocycles. The van der Waals surface area contributed by atoms with E-state index in [9.17, 15) is 0 Å². The van der Waals surface area contributed by atoms with E-state index in [0.29, 0.717) is 12.6 Å². The summed E-state index contributed by atoms with van der Waals surface area (Å²) in [7, 11) is 0. The fourth-order valence-electron chi connectivity index (χ4n) is 4.50. The van der Waals surface area contributed by atoms with Gasteiger partial charge >= 0.3 is 0 Å². The Bertz CT molecular complexity index is 862. The van der Waals surface area contributed by atoms with E-state index in [2.05, 4.69) is 83.7 Å². The highest BCUT2D eigenvalue weighted by Gasteiger charge is 2.24. The molecule has 0 bridgehead atoms. The number of hydrogen-bond donors (Lipinski definition) is 2. The number of nitrogens with zero attached hydrogens (tertiary/aromatic N) is 4. The van der Waals surface area contributed by atoms with Gasteiger partial charge in [-0.15, -0.1) is 0 Å². The van der Waals surface area contributed by atoms with Gasteiger partial charge in [0, 0.05) is 50.6 Å². The normalized spacial score (nSPS) is 24.0. The molecule has 2 fully saturated rings. The van der Waals surface area contributed by atoms with Crippen molar-refractivity contribution in [3.8, 4) is 0 Å². The second kappa shape index (κ2) is 10.7. The molecule has 2 N–H and O–H groups in total. The third-order valence-electron chi connectivity index (χ3n) is 5.97. The highest BCUT2D eigenvalue weighted by Crippen LogP contribution is 2.20. The second-order valence-corrected chi connectivity index (χ2v) is 8.79. The van der Waals surface area contributed by atoms with Crippen LogP contribution in [0.5, 0.6) is 0 Å². The first kappa shape index (κ1) is 22.4. The predicted octanol–water partition coefficient (Wildman–Crippen LogP) is 3.03. The van der Waals surface area contributed by atoms with Crippen LogP contribution < -0.4 is 20.4 Å². The van der Waals surface area contributed by atoms with Gasteiger partial charge in [-0.2, -0.15) is 0 Å². The Hall–Kier alpha value is -2.80. The maximum Gasteiger partial charge on any atom is 0.191 e. The summed E-state index contributed by atoms with van der Waals surface area (Å²) in [6, 6.07) is 15.2. The quantitative estimate of drug-likeness (QED) is 0.536. The first-order chi connectivity index (χ1) is 15.6. The summed E-state index contributed by atoms with van der Waals surface area (Å²) in [5, 5.41) is 7.00. The van der Waals surface area contributed by atoms with Crippen molar-refractivity contribution >= 4 is 17.5 Å². The number of ether oxygens (including phenoxy) is 1. The van der Waals surface area contributed by atoms with E-state index in [0.717, 1.165) is 56.5 Å². The molecule has 0 saturated carbocycles. The van der Waals surface area contributed by atoms with Gasteiger partial charge in [0.15, 0.2) is 5.96 Å². The highest BCUT2D eigenvalue weighted by atomic mass is 16.5. The molecule has 1 aromatic carbocycles. The Balaban J connectivity index is 1.33. The Morgan fingerprint density at radius 3 is 2.53 bits per heavy atom. The monoisotopic (exact) mass is 436 g/mol. The summed E-state index contributed by atoms with van der Waals surface area (Å²) in [6.07, 6.45) is 3.50. The van der Waals surface area contributed by atoms with Crippen LogP contribution in [0.2, 0.25) is 0 Å². The van der Waals surface area contributed by atoms with Crippen molar-refractivity contribution in [1.82, 2.24) is 15.6 Å². The van der Waals surface area contributed by atoms with Gasteiger partial charge in [0.2, 0.25) is 0 Å². The number of para-hydroxylation sites is 1. The summed E-state index contributed by atoms with van der Waals surface area (Å²) in [5.41, 5.74) is 2.40. The zero-order chi connectivity index (χ0) is 22.3. The average molecular weight is 437 g/mol. The molecule has 3 atom stereocenters. The highest BCUT2D eigenvalue weighted by molar-refractivity contribution is 5.80. The van der Waals surface area contributed by atoms with E-state index in [1.165, 1.54) is 5.69 Å². The zero-order valence-electron chi connectivity index (χ0n) is 19.5. The number of aromatic nitrogens is 1. The summed E-state index contributed by atoms with van der Waals surface area (Å²) in [4.78, 5) is 14.2. The van der Waals surface area contributed by atoms with Crippen molar-refractivity contribution < 1.29 is 4.74 Å². The molecule has 172 valence electrons. The second-order valence-electron chi connectivity index (χ2n) is 8.79. The number of morpholine rings is 1. The Morgan fingerprint density at radius 2 is 1.84 bits per heavy atom. The standard InChI is InChI=1S/C25H36N6O/c1-4-26-25(29-22-12-13-30(18-22)23-8-6-5-7-9-23)28-15-21-10-11-24(27-14-21)31-16-19(2)32-20(3)17-31/h5-11,14,19-20,22H,4,12-13,15-18H2,1-3H3,(H2,26,28,29).